The minimum absolute atomic E-state index is 0.228. The summed E-state index contributed by atoms with van der Waals surface area (Å²) in [7, 11) is 0. The van der Waals surface area contributed by atoms with Gasteiger partial charge in [0.15, 0.2) is 5.82 Å². The quantitative estimate of drug-likeness (QED) is 0.175. The molecule has 2 heterocycles. The molecule has 0 N–H and O–H groups in total. The largest absolute Gasteiger partial charge is 0.309 e. The molecule has 2 aromatic heterocycles. The maximum atomic E-state index is 5.13. The molecule has 1 atom stereocenters. The molecule has 0 saturated carbocycles. The molecule has 1 aliphatic rings. The highest BCUT2D eigenvalue weighted by Gasteiger charge is 2.17. The number of benzene rings is 7. The Labute approximate surface area is 308 Å². The highest BCUT2D eigenvalue weighted by Crippen LogP contribution is 2.39. The summed E-state index contributed by atoms with van der Waals surface area (Å²) in [4.78, 5) is 10.2. The second-order valence-electron chi connectivity index (χ2n) is 13.7. The fraction of sp³-hybridized carbons (Fsp3) is 0.0400. The van der Waals surface area contributed by atoms with Crippen molar-refractivity contribution >= 4 is 32.6 Å². The molecule has 0 radical (unpaired) electrons. The van der Waals surface area contributed by atoms with Gasteiger partial charge in [0.1, 0.15) is 0 Å². The van der Waals surface area contributed by atoms with Crippen molar-refractivity contribution in [3.05, 3.63) is 200 Å². The summed E-state index contributed by atoms with van der Waals surface area (Å²) in [5.74, 6) is 0.974. The second-order valence-corrected chi connectivity index (χ2v) is 13.7. The standard InChI is InChI=1S/C50H35N3/c1-3-14-35(15-4-1)45-33-46(36-16-5-2-6-17-36)52-50(51-45)38-30-28-34(29-31-38)41-24-12-18-37-19-13-25-42(49(37)41)39-20-11-21-40(32-39)53-47-26-9-7-22-43(47)44-23-8-10-27-48(44)53/h1-16,18-33,36H,17H2. The van der Waals surface area contributed by atoms with Gasteiger partial charge in [-0.1, -0.05) is 164 Å². The molecule has 9 aromatic rings. The van der Waals surface area contributed by atoms with Gasteiger partial charge in [0.2, 0.25) is 0 Å². The van der Waals surface area contributed by atoms with E-state index in [1.165, 1.54) is 49.3 Å². The number of aromatic nitrogens is 3. The zero-order valence-electron chi connectivity index (χ0n) is 29.1. The minimum Gasteiger partial charge on any atom is -0.309 e. The molecule has 250 valence electrons. The van der Waals surface area contributed by atoms with Crippen molar-refractivity contribution in [2.24, 2.45) is 0 Å². The predicted octanol–water partition coefficient (Wildman–Crippen LogP) is 13.0. The Morgan fingerprint density at radius 1 is 0.491 bits per heavy atom. The summed E-state index contributed by atoms with van der Waals surface area (Å²) in [6.07, 6.45) is 9.61. The van der Waals surface area contributed by atoms with Crippen LogP contribution in [0.25, 0.3) is 83.2 Å². The van der Waals surface area contributed by atoms with Crippen molar-refractivity contribution in [3.8, 4) is 50.6 Å². The first-order chi connectivity index (χ1) is 26.3. The third-order valence-electron chi connectivity index (χ3n) is 10.5. The lowest BCUT2D eigenvalue weighted by molar-refractivity contribution is 0.811. The predicted molar refractivity (Wildman–Crippen MR) is 221 cm³/mol. The van der Waals surface area contributed by atoms with E-state index in [9.17, 15) is 0 Å². The molecule has 0 spiro atoms. The average Bonchev–Trinajstić information content (AvgIpc) is 3.58. The minimum atomic E-state index is 0.228. The van der Waals surface area contributed by atoms with Crippen LogP contribution in [0.15, 0.2) is 194 Å². The zero-order chi connectivity index (χ0) is 35.1. The topological polar surface area (TPSA) is 30.7 Å². The van der Waals surface area contributed by atoms with E-state index in [0.717, 1.165) is 46.0 Å². The van der Waals surface area contributed by atoms with Gasteiger partial charge in [-0.3, -0.25) is 0 Å². The van der Waals surface area contributed by atoms with Crippen LogP contribution in [0.1, 0.15) is 18.0 Å². The number of fused-ring (bicyclic) bond motifs is 4. The summed E-state index contributed by atoms with van der Waals surface area (Å²) >= 11 is 0. The summed E-state index contributed by atoms with van der Waals surface area (Å²) in [6.45, 7) is 0. The fourth-order valence-corrected chi connectivity index (χ4v) is 7.98. The van der Waals surface area contributed by atoms with Crippen LogP contribution in [-0.2, 0) is 0 Å². The monoisotopic (exact) mass is 677 g/mol. The van der Waals surface area contributed by atoms with Gasteiger partial charge >= 0.3 is 0 Å². The number of hydrogen-bond acceptors (Lipinski definition) is 2. The highest BCUT2D eigenvalue weighted by atomic mass is 15.0. The molecule has 0 bridgehead atoms. The second kappa shape index (κ2) is 13.0. The van der Waals surface area contributed by atoms with Gasteiger partial charge in [-0.05, 0) is 69.8 Å². The Balaban J connectivity index is 1.07. The molecule has 0 amide bonds. The van der Waals surface area contributed by atoms with E-state index in [1.54, 1.807) is 0 Å². The van der Waals surface area contributed by atoms with Crippen molar-refractivity contribution < 1.29 is 0 Å². The lowest BCUT2D eigenvalue weighted by Crippen LogP contribution is -2.04. The maximum Gasteiger partial charge on any atom is 0.160 e. The van der Waals surface area contributed by atoms with Gasteiger partial charge in [0, 0.05) is 33.5 Å². The molecular formula is C50H35N3. The van der Waals surface area contributed by atoms with Crippen LogP contribution >= 0.6 is 0 Å². The van der Waals surface area contributed by atoms with Crippen molar-refractivity contribution in [1.82, 2.24) is 14.5 Å². The number of rotatable bonds is 6. The van der Waals surface area contributed by atoms with Crippen LogP contribution in [0, 0.1) is 0 Å². The molecule has 1 aliphatic carbocycles. The van der Waals surface area contributed by atoms with E-state index in [4.69, 9.17) is 9.97 Å². The summed E-state index contributed by atoms with van der Waals surface area (Å²) in [6, 6.07) is 60.9. The van der Waals surface area contributed by atoms with Crippen LogP contribution in [-0.4, -0.2) is 14.5 Å². The van der Waals surface area contributed by atoms with E-state index in [1.807, 2.05) is 6.07 Å². The molecule has 0 saturated heterocycles. The van der Waals surface area contributed by atoms with E-state index in [-0.39, 0.29) is 5.92 Å². The summed E-state index contributed by atoms with van der Waals surface area (Å²) in [5, 5.41) is 4.98. The van der Waals surface area contributed by atoms with Gasteiger partial charge in [-0.2, -0.15) is 0 Å². The zero-order valence-corrected chi connectivity index (χ0v) is 29.1. The Bertz CT molecular complexity index is 2800. The van der Waals surface area contributed by atoms with Gasteiger partial charge in [0.25, 0.3) is 0 Å². The highest BCUT2D eigenvalue weighted by molar-refractivity contribution is 6.10. The Morgan fingerprint density at radius 3 is 1.85 bits per heavy atom. The molecule has 3 nitrogen and oxygen atoms in total. The molecule has 0 aliphatic heterocycles. The third-order valence-corrected chi connectivity index (χ3v) is 10.5. The van der Waals surface area contributed by atoms with Crippen LogP contribution in [0.2, 0.25) is 0 Å². The van der Waals surface area contributed by atoms with Gasteiger partial charge < -0.3 is 4.57 Å². The van der Waals surface area contributed by atoms with Crippen LogP contribution in [0.4, 0.5) is 0 Å². The first kappa shape index (κ1) is 30.9. The molecular weight excluding hydrogens is 643 g/mol. The van der Waals surface area contributed by atoms with Crippen LogP contribution < -0.4 is 0 Å². The number of nitrogens with zero attached hydrogens (tertiary/aromatic N) is 3. The van der Waals surface area contributed by atoms with Crippen molar-refractivity contribution in [2.75, 3.05) is 0 Å². The van der Waals surface area contributed by atoms with Crippen LogP contribution in [0.5, 0.6) is 0 Å². The molecule has 53 heavy (non-hydrogen) atoms. The van der Waals surface area contributed by atoms with Gasteiger partial charge in [0.05, 0.1) is 22.4 Å². The summed E-state index contributed by atoms with van der Waals surface area (Å²) < 4.78 is 2.39. The SMILES string of the molecule is C1=CCC(c2cc(-c3ccccc3)nc(-c3ccc(-c4cccc5cccc(-c6cccc(-n7c8ccccc8c8ccccc87)c6)c45)cc3)n2)C=C1. The van der Waals surface area contributed by atoms with Crippen LogP contribution in [0.3, 0.4) is 0 Å². The van der Waals surface area contributed by atoms with Crippen molar-refractivity contribution in [1.29, 1.82) is 0 Å². The Hall–Kier alpha value is -6.84. The summed E-state index contributed by atoms with van der Waals surface area (Å²) in [5.41, 5.74) is 12.4. The molecule has 3 heteroatoms. The molecule has 10 rings (SSSR count). The van der Waals surface area contributed by atoms with E-state index in [2.05, 4.69) is 193 Å². The maximum absolute atomic E-state index is 5.13. The third kappa shape index (κ3) is 5.55. The lowest BCUT2D eigenvalue weighted by atomic mass is 9.91. The molecule has 0 fully saturated rings. The average molecular weight is 678 g/mol. The Morgan fingerprint density at radius 2 is 1.13 bits per heavy atom. The first-order valence-electron chi connectivity index (χ1n) is 18.3. The Kier molecular flexibility index (Phi) is 7.62. The van der Waals surface area contributed by atoms with Crippen molar-refractivity contribution in [3.63, 3.8) is 0 Å². The number of para-hydroxylation sites is 2. The number of hydrogen-bond donors (Lipinski definition) is 0. The number of allylic oxidation sites excluding steroid dienone is 4. The lowest BCUT2D eigenvalue weighted by Gasteiger charge is -2.16. The fourth-order valence-electron chi connectivity index (χ4n) is 7.98. The molecule has 7 aromatic carbocycles. The first-order valence-corrected chi connectivity index (χ1v) is 18.3. The van der Waals surface area contributed by atoms with Crippen molar-refractivity contribution in [2.45, 2.75) is 12.3 Å². The smallest absolute Gasteiger partial charge is 0.160 e. The van der Waals surface area contributed by atoms with Gasteiger partial charge in [-0.15, -0.1) is 0 Å². The van der Waals surface area contributed by atoms with Gasteiger partial charge in [-0.25, -0.2) is 9.97 Å². The van der Waals surface area contributed by atoms with E-state index in [0.29, 0.717) is 0 Å². The van der Waals surface area contributed by atoms with E-state index >= 15 is 0 Å². The normalized spacial score (nSPS) is 14.0. The molecule has 1 unspecified atom stereocenters. The van der Waals surface area contributed by atoms with E-state index < -0.39 is 0 Å².